The molecule has 1 aliphatic rings. The van der Waals surface area contributed by atoms with Gasteiger partial charge < -0.3 is 14.5 Å². The molecule has 1 unspecified atom stereocenters. The van der Waals surface area contributed by atoms with Crippen molar-refractivity contribution in [2.45, 2.75) is 46.6 Å². The molecular formula is C14H22N2O3. The van der Waals surface area contributed by atoms with Crippen LogP contribution < -0.4 is 5.32 Å². The molecule has 2 rings (SSSR count). The highest BCUT2D eigenvalue weighted by Crippen LogP contribution is 2.27. The Morgan fingerprint density at radius 1 is 1.47 bits per heavy atom. The monoisotopic (exact) mass is 266 g/mol. The first-order valence-electron chi connectivity index (χ1n) is 6.67. The predicted molar refractivity (Wildman–Crippen MR) is 71.2 cm³/mol. The third-order valence-corrected chi connectivity index (χ3v) is 3.53. The molecule has 0 bridgehead atoms. The third kappa shape index (κ3) is 2.81. The van der Waals surface area contributed by atoms with E-state index in [-0.39, 0.29) is 23.3 Å². The average Bonchev–Trinajstić information content (AvgIpc) is 2.83. The quantitative estimate of drug-likeness (QED) is 0.911. The van der Waals surface area contributed by atoms with Crippen LogP contribution in [-0.2, 0) is 4.74 Å². The van der Waals surface area contributed by atoms with Crippen LogP contribution in [0.1, 0.15) is 55.8 Å². The second-order valence-corrected chi connectivity index (χ2v) is 6.14. The highest BCUT2D eigenvalue weighted by Gasteiger charge is 2.37. The second-order valence-electron chi connectivity index (χ2n) is 6.14. The summed E-state index contributed by atoms with van der Waals surface area (Å²) in [5.74, 6) is 1.16. The Labute approximate surface area is 113 Å². The van der Waals surface area contributed by atoms with Gasteiger partial charge >= 0.3 is 0 Å². The third-order valence-electron chi connectivity index (χ3n) is 3.53. The van der Waals surface area contributed by atoms with Gasteiger partial charge in [-0.3, -0.25) is 4.79 Å². The number of nitrogens with one attached hydrogen (secondary N) is 1. The summed E-state index contributed by atoms with van der Waals surface area (Å²) < 4.78 is 10.9. The number of oxazole rings is 1. The summed E-state index contributed by atoms with van der Waals surface area (Å²) in [6.07, 6.45) is 0. The number of ether oxygens (including phenoxy) is 1. The number of hydrogen-bond acceptors (Lipinski definition) is 4. The Hall–Kier alpha value is -1.36. The van der Waals surface area contributed by atoms with Crippen molar-refractivity contribution in [3.05, 3.63) is 17.3 Å². The summed E-state index contributed by atoms with van der Waals surface area (Å²) in [6.45, 7) is 11.1. The van der Waals surface area contributed by atoms with Crippen molar-refractivity contribution in [2.24, 2.45) is 5.41 Å². The van der Waals surface area contributed by atoms with Crippen LogP contribution in [0.5, 0.6) is 0 Å². The molecule has 1 N–H and O–H groups in total. The minimum atomic E-state index is -0.184. The predicted octanol–water partition coefficient (Wildman–Crippen LogP) is 2.26. The normalized spacial score (nSPS) is 21.9. The van der Waals surface area contributed by atoms with E-state index in [1.165, 1.54) is 0 Å². The summed E-state index contributed by atoms with van der Waals surface area (Å²) in [4.78, 5) is 16.5. The molecule has 5 heteroatoms. The van der Waals surface area contributed by atoms with E-state index in [1.54, 1.807) is 6.92 Å². The summed E-state index contributed by atoms with van der Waals surface area (Å²) in [5.41, 5.74) is 0.333. The van der Waals surface area contributed by atoms with Gasteiger partial charge in [0.1, 0.15) is 5.76 Å². The fraction of sp³-hybridized carbons (Fsp3) is 0.714. The fourth-order valence-electron chi connectivity index (χ4n) is 2.10. The highest BCUT2D eigenvalue weighted by atomic mass is 16.5. The molecule has 106 valence electrons. The van der Waals surface area contributed by atoms with Crippen LogP contribution in [-0.4, -0.2) is 30.1 Å². The first-order chi connectivity index (χ1) is 8.81. The van der Waals surface area contributed by atoms with E-state index >= 15 is 0 Å². The molecule has 0 radical (unpaired) electrons. The highest BCUT2D eigenvalue weighted by molar-refractivity contribution is 5.93. The van der Waals surface area contributed by atoms with Crippen molar-refractivity contribution in [1.82, 2.24) is 10.3 Å². The maximum Gasteiger partial charge on any atom is 0.273 e. The number of aromatic nitrogens is 1. The number of rotatable bonds is 3. The minimum Gasteiger partial charge on any atom is -0.445 e. The van der Waals surface area contributed by atoms with Gasteiger partial charge in [-0.15, -0.1) is 0 Å². The first-order valence-corrected chi connectivity index (χ1v) is 6.67. The number of nitrogens with zero attached hydrogens (tertiary/aromatic N) is 1. The molecule has 2 heterocycles. The van der Waals surface area contributed by atoms with Crippen molar-refractivity contribution >= 4 is 5.91 Å². The molecule has 0 aliphatic carbocycles. The number of aryl methyl sites for hydroxylation is 1. The van der Waals surface area contributed by atoms with Gasteiger partial charge in [0.2, 0.25) is 0 Å². The SMILES string of the molecule is Cc1oc(C(C)C)nc1C(=O)NC1COCC1(C)C. The average molecular weight is 266 g/mol. The van der Waals surface area contributed by atoms with Gasteiger partial charge in [-0.1, -0.05) is 27.7 Å². The van der Waals surface area contributed by atoms with Crippen molar-refractivity contribution in [2.75, 3.05) is 13.2 Å². The topological polar surface area (TPSA) is 64.4 Å². The zero-order chi connectivity index (χ0) is 14.2. The minimum absolute atomic E-state index is 0.0126. The molecule has 19 heavy (non-hydrogen) atoms. The van der Waals surface area contributed by atoms with E-state index in [4.69, 9.17) is 9.15 Å². The number of carbonyl (C=O) groups is 1. The van der Waals surface area contributed by atoms with Gasteiger partial charge in [0.25, 0.3) is 5.91 Å². The van der Waals surface area contributed by atoms with Gasteiger partial charge in [-0.05, 0) is 6.92 Å². The number of hydrogen-bond donors (Lipinski definition) is 1. The molecule has 1 aromatic rings. The lowest BCUT2D eigenvalue weighted by Crippen LogP contribution is -2.44. The Morgan fingerprint density at radius 2 is 2.16 bits per heavy atom. The lowest BCUT2D eigenvalue weighted by molar-refractivity contribution is 0.0909. The number of amides is 1. The van der Waals surface area contributed by atoms with Crippen LogP contribution in [0.2, 0.25) is 0 Å². The van der Waals surface area contributed by atoms with Gasteiger partial charge in [0.15, 0.2) is 11.6 Å². The molecule has 1 aliphatic heterocycles. The largest absolute Gasteiger partial charge is 0.445 e. The zero-order valence-electron chi connectivity index (χ0n) is 12.2. The van der Waals surface area contributed by atoms with Crippen molar-refractivity contribution in [3.8, 4) is 0 Å². The van der Waals surface area contributed by atoms with E-state index < -0.39 is 0 Å². The van der Waals surface area contributed by atoms with Crippen LogP contribution in [0.15, 0.2) is 4.42 Å². The van der Waals surface area contributed by atoms with Crippen molar-refractivity contribution in [3.63, 3.8) is 0 Å². The molecule has 1 fully saturated rings. The standard InChI is InChI=1S/C14H22N2O3/c1-8(2)13-16-11(9(3)19-13)12(17)15-10-6-18-7-14(10,4)5/h8,10H,6-7H2,1-5H3,(H,15,17). The maximum absolute atomic E-state index is 12.3. The molecular weight excluding hydrogens is 244 g/mol. The van der Waals surface area contributed by atoms with E-state index in [0.29, 0.717) is 30.6 Å². The smallest absolute Gasteiger partial charge is 0.273 e. The lowest BCUT2D eigenvalue weighted by Gasteiger charge is -2.24. The molecule has 0 aromatic carbocycles. The van der Waals surface area contributed by atoms with Crippen molar-refractivity contribution < 1.29 is 13.9 Å². The van der Waals surface area contributed by atoms with E-state index in [2.05, 4.69) is 24.1 Å². The van der Waals surface area contributed by atoms with E-state index in [1.807, 2.05) is 13.8 Å². The number of carbonyl (C=O) groups excluding carboxylic acids is 1. The van der Waals surface area contributed by atoms with Gasteiger partial charge in [0.05, 0.1) is 19.3 Å². The van der Waals surface area contributed by atoms with E-state index in [0.717, 1.165) is 0 Å². The van der Waals surface area contributed by atoms with Crippen LogP contribution in [0.3, 0.4) is 0 Å². The summed E-state index contributed by atoms with van der Waals surface area (Å²) in [5, 5.41) is 2.99. The molecule has 5 nitrogen and oxygen atoms in total. The summed E-state index contributed by atoms with van der Waals surface area (Å²) in [6, 6.07) is 0.0126. The Kier molecular flexibility index (Phi) is 3.67. The molecule has 0 saturated carbocycles. The van der Waals surface area contributed by atoms with Crippen LogP contribution in [0.4, 0.5) is 0 Å². The van der Waals surface area contributed by atoms with Crippen LogP contribution in [0, 0.1) is 12.3 Å². The molecule has 0 spiro atoms. The summed E-state index contributed by atoms with van der Waals surface area (Å²) >= 11 is 0. The van der Waals surface area contributed by atoms with Crippen molar-refractivity contribution in [1.29, 1.82) is 0 Å². The maximum atomic E-state index is 12.3. The zero-order valence-corrected chi connectivity index (χ0v) is 12.2. The van der Waals surface area contributed by atoms with Gasteiger partial charge in [0, 0.05) is 11.3 Å². The van der Waals surface area contributed by atoms with Crippen LogP contribution in [0.25, 0.3) is 0 Å². The Balaban J connectivity index is 2.12. The van der Waals surface area contributed by atoms with E-state index in [9.17, 15) is 4.79 Å². The molecule has 1 atom stereocenters. The molecule has 1 aromatic heterocycles. The Bertz CT molecular complexity index is 477. The Morgan fingerprint density at radius 3 is 2.63 bits per heavy atom. The molecule has 1 amide bonds. The molecule has 1 saturated heterocycles. The van der Waals surface area contributed by atoms with Gasteiger partial charge in [-0.25, -0.2) is 4.98 Å². The first kappa shape index (κ1) is 14.1. The van der Waals surface area contributed by atoms with Crippen LogP contribution >= 0.6 is 0 Å². The lowest BCUT2D eigenvalue weighted by atomic mass is 9.88. The van der Waals surface area contributed by atoms with Gasteiger partial charge in [-0.2, -0.15) is 0 Å². The fourth-order valence-corrected chi connectivity index (χ4v) is 2.10. The summed E-state index contributed by atoms with van der Waals surface area (Å²) in [7, 11) is 0. The second kappa shape index (κ2) is 4.96.